The molecule has 4 saturated heterocycles. The van der Waals surface area contributed by atoms with Crippen molar-refractivity contribution in [3.05, 3.63) is 47.6 Å². The molecule has 32 nitrogen and oxygen atoms in total. The largest absolute Gasteiger partial charge is 0.462 e. The van der Waals surface area contributed by atoms with Crippen molar-refractivity contribution < 1.29 is 144 Å². The Morgan fingerprint density at radius 3 is 1.11 bits per heavy atom. The van der Waals surface area contributed by atoms with Gasteiger partial charge in [-0.05, 0) is 126 Å². The summed E-state index contributed by atoms with van der Waals surface area (Å²) >= 11 is 0. The van der Waals surface area contributed by atoms with Crippen molar-refractivity contribution in [2.75, 3.05) is 76.5 Å². The number of hydrogen-bond donors (Lipinski definition) is 3. The maximum atomic E-state index is 13.8. The van der Waals surface area contributed by atoms with E-state index in [4.69, 9.17) is 85.3 Å². The Kier molecular flexibility index (Phi) is 43.9. The quantitative estimate of drug-likeness (QED) is 0.0423. The zero-order chi connectivity index (χ0) is 90.0. The number of likely N-dealkylation sites (N-methyl/N-ethyl adjacent to an activating group) is 2. The molecule has 0 amide bonds. The highest BCUT2D eigenvalue weighted by molar-refractivity contribution is 5.92. The summed E-state index contributed by atoms with van der Waals surface area (Å²) in [5.74, 6) is -8.94. The van der Waals surface area contributed by atoms with Crippen LogP contribution in [-0.2, 0) is 128 Å². The summed E-state index contributed by atoms with van der Waals surface area (Å²) < 4.78 is 109. The second-order valence-electron chi connectivity index (χ2n) is 33.9. The summed E-state index contributed by atoms with van der Waals surface area (Å²) in [7, 11) is 13.4. The topological polar surface area (TPSA) is 387 Å². The number of aldehydes is 1. The highest BCUT2D eigenvalue weighted by Gasteiger charge is 2.55. The summed E-state index contributed by atoms with van der Waals surface area (Å²) in [4.78, 5) is 120. The molecule has 10 unspecified atom stereocenters. The molecule has 0 aromatic heterocycles. The van der Waals surface area contributed by atoms with E-state index in [0.717, 1.165) is 17.4 Å². The van der Waals surface area contributed by atoms with Gasteiger partial charge in [-0.1, -0.05) is 90.8 Å². The molecule has 0 spiro atoms. The Labute approximate surface area is 710 Å². The number of aliphatic hydroxyl groups is 3. The van der Waals surface area contributed by atoms with Crippen LogP contribution in [0.15, 0.2) is 47.6 Å². The molecule has 6 heterocycles. The molecule has 686 valence electrons. The van der Waals surface area contributed by atoms with Gasteiger partial charge in [-0.25, -0.2) is 0 Å². The first-order valence-electron chi connectivity index (χ1n) is 42.4. The molecule has 6 aliphatic rings. The molecule has 6 aliphatic heterocycles. The first kappa shape index (κ1) is 105. The molecule has 0 aliphatic carbocycles. The van der Waals surface area contributed by atoms with Crippen LogP contribution in [0, 0.1) is 59.2 Å². The molecule has 3 N–H and O–H groups in total. The van der Waals surface area contributed by atoms with Gasteiger partial charge in [0.25, 0.3) is 0 Å². The molecule has 32 heteroatoms. The monoisotopic (exact) mass is 1710 g/mol. The van der Waals surface area contributed by atoms with Crippen molar-refractivity contribution in [2.24, 2.45) is 59.2 Å². The van der Waals surface area contributed by atoms with Crippen molar-refractivity contribution in [3.8, 4) is 0 Å². The molecule has 0 aromatic carbocycles. The number of allylic oxidation sites excluding steroid dienone is 6. The summed E-state index contributed by atoms with van der Waals surface area (Å²) in [6, 6.07) is -1.42. The smallest absolute Gasteiger partial charge is 0.308 e. The van der Waals surface area contributed by atoms with E-state index >= 15 is 0 Å². The molecule has 6 rings (SSSR count). The lowest BCUT2D eigenvalue weighted by atomic mass is 9.79. The standard InChI is InChI=1S/C44H73NO15.C44H71NO15/c2*1-14-35-32(22-54-43-42(53-13)39(52-12)25(4)27(6)55-43)19-23(2)15-16-33(49)24(3)20-31(17-18-46)38(26(5)34(50)21-36(51)59-35)60-44-41(58-30(9)48)37(45(10)11)40(28(7)56-44)57-29(8)47/h15-16,19,24-28,31-32,34-35,37-44,46,50H,14,17-18,20-22H2,1-13H3;15-16,18-19,24-28,31-32,34-35,37-44,50H,14,17,20-22H2,1-13H3/b2*16-15+,23-19+/t2*24-,25-,26+,27?,28?,31+,32-,34-,35-,37?,38-,39+,40-,41?,42?,43-,44+/m11/s1. The van der Waals surface area contributed by atoms with Crippen LogP contribution >= 0.6 is 0 Å². The van der Waals surface area contributed by atoms with Crippen molar-refractivity contribution in [1.82, 2.24) is 9.80 Å². The third-order valence-corrected chi connectivity index (χ3v) is 24.3. The summed E-state index contributed by atoms with van der Waals surface area (Å²) in [5.41, 5.74) is 1.46. The third-order valence-electron chi connectivity index (χ3n) is 24.3. The maximum absolute atomic E-state index is 13.8. The van der Waals surface area contributed by atoms with Gasteiger partial charge in [0, 0.05) is 117 Å². The lowest BCUT2D eigenvalue weighted by Crippen LogP contribution is -2.65. The van der Waals surface area contributed by atoms with E-state index in [1.54, 1.807) is 120 Å². The fraction of sp³-hybridized carbons (Fsp3) is 0.807. The van der Waals surface area contributed by atoms with Gasteiger partial charge >= 0.3 is 35.8 Å². The molecule has 0 bridgehead atoms. The number of esters is 6. The average Bonchev–Trinajstić information content (AvgIpc) is 0.780. The van der Waals surface area contributed by atoms with Gasteiger partial charge in [0.2, 0.25) is 0 Å². The van der Waals surface area contributed by atoms with Gasteiger partial charge in [-0.3, -0.25) is 48.2 Å². The highest BCUT2D eigenvalue weighted by Crippen LogP contribution is 2.41. The minimum atomic E-state index is -1.35. The molecule has 4 fully saturated rings. The van der Waals surface area contributed by atoms with E-state index in [-0.39, 0.29) is 93.3 Å². The van der Waals surface area contributed by atoms with E-state index in [9.17, 15) is 58.5 Å². The van der Waals surface area contributed by atoms with E-state index < -0.39 is 219 Å². The van der Waals surface area contributed by atoms with Crippen molar-refractivity contribution in [2.45, 2.75) is 323 Å². The normalized spacial score (nSPS) is 40.2. The van der Waals surface area contributed by atoms with Crippen LogP contribution in [0.1, 0.15) is 176 Å². The number of aliphatic hydroxyl groups excluding tert-OH is 3. The predicted molar refractivity (Wildman–Crippen MR) is 437 cm³/mol. The molecule has 34 atom stereocenters. The number of cyclic esters (lactones) is 2. The number of methoxy groups -OCH3 is 4. The Morgan fingerprint density at radius 1 is 0.458 bits per heavy atom. The van der Waals surface area contributed by atoms with Crippen molar-refractivity contribution >= 4 is 53.7 Å². The Hall–Kier alpha value is -5.89. The molecular formula is C88H144N2O30. The summed E-state index contributed by atoms with van der Waals surface area (Å²) in [6.07, 6.45) is -6.00. The molecular weight excluding hydrogens is 1560 g/mol. The fourth-order valence-corrected chi connectivity index (χ4v) is 17.3. The van der Waals surface area contributed by atoms with E-state index in [1.165, 1.54) is 39.8 Å². The van der Waals surface area contributed by atoms with Crippen molar-refractivity contribution in [1.29, 1.82) is 0 Å². The SMILES string of the molecule is CC[C@H]1OC(=O)C[C@@H](O)[C@H](C)[C@@H](O[C@@H]2OC(C)[C@@H](OC(C)=O)C(N(C)C)C2OC(C)=O)[C@@H](CC=O)C[C@@H](C)C(=O)/C=C/C(C)=C/[C@@H]1CO[C@@H]1OC(C)[C@@H](C)[C@H](OC)C1OC.CC[C@H]1OC(=O)C[C@@H](O)[C@H](C)[C@@H](O[C@@H]2OC(C)[C@@H](OC(C)=O)C(N(C)C)C2OC(C)=O)[C@@H](CCO)C[C@@H](C)C(=O)/C=C/C(C)=C/[C@@H]1CO[C@@H]1OC(C)[C@@H](C)[C@H](OC)C1OC. The average molecular weight is 1710 g/mol. The number of nitrogens with zero attached hydrogens (tertiary/aromatic N) is 2. The minimum Gasteiger partial charge on any atom is -0.462 e. The van der Waals surface area contributed by atoms with Crippen LogP contribution in [0.25, 0.3) is 0 Å². The van der Waals surface area contributed by atoms with Crippen LogP contribution < -0.4 is 0 Å². The number of carbonyl (C=O) groups is 9. The van der Waals surface area contributed by atoms with Gasteiger partial charge in [-0.2, -0.15) is 0 Å². The maximum Gasteiger partial charge on any atom is 0.308 e. The Morgan fingerprint density at radius 2 is 0.792 bits per heavy atom. The number of ketones is 2. The fourth-order valence-electron chi connectivity index (χ4n) is 17.3. The molecule has 0 aromatic rings. The number of ether oxygens (including phenoxy) is 18. The number of carbonyl (C=O) groups excluding carboxylic acids is 9. The van der Waals surface area contributed by atoms with Gasteiger partial charge < -0.3 is 105 Å². The van der Waals surface area contributed by atoms with Crippen LogP contribution in [0.2, 0.25) is 0 Å². The molecule has 0 saturated carbocycles. The van der Waals surface area contributed by atoms with Gasteiger partial charge in [0.05, 0.1) is 99.2 Å². The van der Waals surface area contributed by atoms with Gasteiger partial charge in [-0.15, -0.1) is 0 Å². The Bertz CT molecular complexity index is 3370. The summed E-state index contributed by atoms with van der Waals surface area (Å²) in [5, 5.41) is 33.9. The highest BCUT2D eigenvalue weighted by atomic mass is 16.7. The van der Waals surface area contributed by atoms with E-state index in [1.807, 2.05) is 67.5 Å². The Balaban J connectivity index is 0.000000427. The summed E-state index contributed by atoms with van der Waals surface area (Å²) in [6.45, 7) is 30.6. The van der Waals surface area contributed by atoms with E-state index in [0.29, 0.717) is 12.8 Å². The zero-order valence-corrected chi connectivity index (χ0v) is 75.7. The minimum absolute atomic E-state index is 0.0373. The second kappa shape index (κ2) is 50.3. The first-order valence-corrected chi connectivity index (χ1v) is 42.4. The van der Waals surface area contributed by atoms with Crippen molar-refractivity contribution in [3.63, 3.8) is 0 Å². The van der Waals surface area contributed by atoms with Crippen LogP contribution in [0.5, 0.6) is 0 Å². The number of rotatable bonds is 26. The van der Waals surface area contributed by atoms with Crippen LogP contribution in [0.3, 0.4) is 0 Å². The molecule has 120 heavy (non-hydrogen) atoms. The van der Waals surface area contributed by atoms with Gasteiger partial charge in [0.15, 0.2) is 48.9 Å². The number of hydrogen-bond acceptors (Lipinski definition) is 32. The lowest BCUT2D eigenvalue weighted by molar-refractivity contribution is -0.308. The molecule has 0 radical (unpaired) electrons. The van der Waals surface area contributed by atoms with Crippen LogP contribution in [0.4, 0.5) is 0 Å². The third kappa shape index (κ3) is 29.6. The van der Waals surface area contributed by atoms with Crippen LogP contribution in [-0.4, -0.2) is 302 Å². The van der Waals surface area contributed by atoms with Gasteiger partial charge in [0.1, 0.15) is 42.9 Å². The zero-order valence-electron chi connectivity index (χ0n) is 75.7. The predicted octanol–water partition coefficient (Wildman–Crippen LogP) is 7.75. The second-order valence-corrected chi connectivity index (χ2v) is 33.9. The van der Waals surface area contributed by atoms with E-state index in [2.05, 4.69) is 0 Å². The first-order chi connectivity index (χ1) is 56.5. The lowest BCUT2D eigenvalue weighted by Gasteiger charge is -2.48.